The predicted molar refractivity (Wildman–Crippen MR) is 47.9 cm³/mol. The molecule has 0 amide bonds. The van der Waals surface area contributed by atoms with Gasteiger partial charge in [-0.15, -0.1) is 0 Å². The molecule has 1 nitrogen and oxygen atoms in total. The third-order valence-corrected chi connectivity index (χ3v) is 8.27. The Labute approximate surface area is 62.8 Å². The highest BCUT2D eigenvalue weighted by atomic mass is 33.7. The molecule has 0 saturated carbocycles. The molecule has 0 aromatic carbocycles. The van der Waals surface area contributed by atoms with Crippen LogP contribution >= 0.6 is 40.7 Å². The van der Waals surface area contributed by atoms with Crippen LogP contribution in [0.3, 0.4) is 0 Å². The molecule has 0 saturated heterocycles. The standard InChI is InChI=1S/C3H6OS4/c1-4-8-3-2-5-6-7-8/h2-3,8H,1H3. The number of hydrogen-bond acceptors (Lipinski definition) is 4. The Morgan fingerprint density at radius 3 is 2.88 bits per heavy atom. The molecular formula is C3H6OS4. The Balaban J connectivity index is 2.32. The molecule has 48 valence electrons. The number of thiol groups is 1. The van der Waals surface area contributed by atoms with E-state index in [1.54, 1.807) is 37.6 Å². The largest absolute Gasteiger partial charge is 0.329 e. The zero-order valence-corrected chi connectivity index (χ0v) is 7.58. The van der Waals surface area contributed by atoms with E-state index in [1.807, 2.05) is 0 Å². The molecule has 0 bridgehead atoms. The molecule has 1 rings (SSSR count). The first kappa shape index (κ1) is 7.21. The smallest absolute Gasteiger partial charge is 0.0493 e. The van der Waals surface area contributed by atoms with Crippen LogP contribution in [0.2, 0.25) is 0 Å². The normalized spacial score (nSPS) is 32.9. The first-order valence-corrected chi connectivity index (χ1v) is 7.41. The average Bonchev–Trinajstić information content (AvgIpc) is 1.90. The lowest BCUT2D eigenvalue weighted by Crippen LogP contribution is -1.70. The molecule has 0 fully saturated rings. The first-order valence-electron chi connectivity index (χ1n) is 1.93. The van der Waals surface area contributed by atoms with Gasteiger partial charge in [0.1, 0.15) is 0 Å². The molecule has 8 heavy (non-hydrogen) atoms. The summed E-state index contributed by atoms with van der Waals surface area (Å²) in [6.45, 7) is 0. The second-order valence-corrected chi connectivity index (χ2v) is 8.05. The molecule has 1 heterocycles. The van der Waals surface area contributed by atoms with Gasteiger partial charge in [0.25, 0.3) is 0 Å². The van der Waals surface area contributed by atoms with Crippen LogP contribution in [0.15, 0.2) is 10.8 Å². The molecular weight excluding hydrogens is 180 g/mol. The minimum Gasteiger partial charge on any atom is -0.329 e. The summed E-state index contributed by atoms with van der Waals surface area (Å²) in [5.41, 5.74) is 0. The Hall–Kier alpha value is 1.10. The van der Waals surface area contributed by atoms with Gasteiger partial charge in [0.15, 0.2) is 0 Å². The maximum Gasteiger partial charge on any atom is 0.0493 e. The second kappa shape index (κ2) is 4.00. The molecule has 0 aromatic rings. The molecule has 1 aliphatic rings. The Morgan fingerprint density at radius 1 is 1.62 bits per heavy atom. The van der Waals surface area contributed by atoms with E-state index in [2.05, 4.69) is 10.8 Å². The van der Waals surface area contributed by atoms with Crippen molar-refractivity contribution in [2.24, 2.45) is 0 Å². The van der Waals surface area contributed by atoms with Crippen molar-refractivity contribution >= 4 is 40.7 Å². The summed E-state index contributed by atoms with van der Waals surface area (Å²) >= 11 is 0. The summed E-state index contributed by atoms with van der Waals surface area (Å²) in [6.07, 6.45) is 0. The fraction of sp³-hybridized carbons (Fsp3) is 0.333. The van der Waals surface area contributed by atoms with Crippen LogP contribution in [0.5, 0.6) is 0 Å². The first-order chi connectivity index (χ1) is 3.93. The lowest BCUT2D eigenvalue weighted by Gasteiger charge is -2.14. The van der Waals surface area contributed by atoms with E-state index in [-0.39, 0.29) is 10.2 Å². The molecule has 0 aliphatic carbocycles. The van der Waals surface area contributed by atoms with Gasteiger partial charge < -0.3 is 4.18 Å². The van der Waals surface area contributed by atoms with Crippen LogP contribution in [-0.2, 0) is 4.18 Å². The van der Waals surface area contributed by atoms with Gasteiger partial charge in [0, 0.05) is 7.11 Å². The van der Waals surface area contributed by atoms with E-state index < -0.39 is 0 Å². The molecule has 0 aromatic heterocycles. The number of rotatable bonds is 1. The summed E-state index contributed by atoms with van der Waals surface area (Å²) < 4.78 is 5.10. The maximum atomic E-state index is 5.10. The maximum absolute atomic E-state index is 5.10. The van der Waals surface area contributed by atoms with E-state index in [0.717, 1.165) is 0 Å². The van der Waals surface area contributed by atoms with Crippen LogP contribution in [0, 0.1) is 0 Å². The molecule has 0 radical (unpaired) electrons. The summed E-state index contributed by atoms with van der Waals surface area (Å²) in [4.78, 5) is 0. The van der Waals surface area contributed by atoms with Crippen molar-refractivity contribution in [3.8, 4) is 0 Å². The summed E-state index contributed by atoms with van der Waals surface area (Å²) in [5.74, 6) is 0. The average molecular weight is 186 g/mol. The van der Waals surface area contributed by atoms with Gasteiger partial charge in [-0.2, -0.15) is 0 Å². The fourth-order valence-corrected chi connectivity index (χ4v) is 7.70. The second-order valence-electron chi connectivity index (χ2n) is 0.992. The van der Waals surface area contributed by atoms with Crippen molar-refractivity contribution < 1.29 is 4.18 Å². The summed E-state index contributed by atoms with van der Waals surface area (Å²) in [5, 5.41) is 4.19. The zero-order chi connectivity index (χ0) is 5.82. The van der Waals surface area contributed by atoms with Crippen molar-refractivity contribution in [1.29, 1.82) is 0 Å². The molecule has 0 spiro atoms. The van der Waals surface area contributed by atoms with Crippen molar-refractivity contribution in [1.82, 2.24) is 0 Å². The molecule has 1 aliphatic heterocycles. The lowest BCUT2D eigenvalue weighted by atomic mass is 11.3. The Kier molecular flexibility index (Phi) is 3.61. The molecule has 5 heteroatoms. The van der Waals surface area contributed by atoms with Crippen molar-refractivity contribution in [3.63, 3.8) is 0 Å². The SMILES string of the molecule is CO[SH]1C=CSSS1. The van der Waals surface area contributed by atoms with Gasteiger partial charge in [-0.05, 0) is 30.5 Å². The fourth-order valence-electron chi connectivity index (χ4n) is 0.261. The van der Waals surface area contributed by atoms with Crippen LogP contribution in [-0.4, -0.2) is 7.11 Å². The van der Waals surface area contributed by atoms with Gasteiger partial charge in [-0.3, -0.25) is 0 Å². The third-order valence-electron chi connectivity index (χ3n) is 0.561. The zero-order valence-electron chi connectivity index (χ0n) is 4.23. The third kappa shape index (κ3) is 2.14. The van der Waals surface area contributed by atoms with Gasteiger partial charge >= 0.3 is 0 Å². The highest BCUT2D eigenvalue weighted by molar-refractivity contribution is 9.29. The van der Waals surface area contributed by atoms with E-state index in [0.29, 0.717) is 0 Å². The van der Waals surface area contributed by atoms with Crippen molar-refractivity contribution in [2.45, 2.75) is 0 Å². The molecule has 1 unspecified atom stereocenters. The molecule has 0 N–H and O–H groups in total. The van der Waals surface area contributed by atoms with Gasteiger partial charge in [-0.1, -0.05) is 21.0 Å². The Bertz CT molecular complexity index is 93.3. The highest BCUT2D eigenvalue weighted by Crippen LogP contribution is 2.58. The topological polar surface area (TPSA) is 9.23 Å². The van der Waals surface area contributed by atoms with Gasteiger partial charge in [0.05, 0.1) is 0 Å². The van der Waals surface area contributed by atoms with Gasteiger partial charge in [0.2, 0.25) is 0 Å². The predicted octanol–water partition coefficient (Wildman–Crippen LogP) is 2.98. The highest BCUT2D eigenvalue weighted by Gasteiger charge is 2.02. The van der Waals surface area contributed by atoms with E-state index >= 15 is 0 Å². The van der Waals surface area contributed by atoms with Gasteiger partial charge in [-0.25, -0.2) is 0 Å². The van der Waals surface area contributed by atoms with Crippen molar-refractivity contribution in [2.75, 3.05) is 7.11 Å². The van der Waals surface area contributed by atoms with Crippen LogP contribution in [0.1, 0.15) is 0 Å². The van der Waals surface area contributed by atoms with Crippen LogP contribution in [0.25, 0.3) is 0 Å². The van der Waals surface area contributed by atoms with Crippen LogP contribution < -0.4 is 0 Å². The minimum absolute atomic E-state index is 0.291. The lowest BCUT2D eigenvalue weighted by molar-refractivity contribution is 0.492. The van der Waals surface area contributed by atoms with Crippen molar-refractivity contribution in [3.05, 3.63) is 10.8 Å². The van der Waals surface area contributed by atoms with Crippen LogP contribution in [0.4, 0.5) is 0 Å². The summed E-state index contributed by atoms with van der Waals surface area (Å²) in [6, 6.07) is 0. The quantitative estimate of drug-likeness (QED) is 0.498. The van der Waals surface area contributed by atoms with E-state index in [4.69, 9.17) is 4.18 Å². The number of hydrogen-bond donors (Lipinski definition) is 1. The van der Waals surface area contributed by atoms with E-state index in [9.17, 15) is 0 Å². The molecule has 1 atom stereocenters. The van der Waals surface area contributed by atoms with E-state index in [1.165, 1.54) is 0 Å². The minimum atomic E-state index is -0.291. The summed E-state index contributed by atoms with van der Waals surface area (Å²) in [7, 11) is 6.78. The monoisotopic (exact) mass is 186 g/mol. The Morgan fingerprint density at radius 2 is 2.50 bits per heavy atom.